The van der Waals surface area contributed by atoms with E-state index < -0.39 is 10.8 Å². The fourth-order valence-corrected chi connectivity index (χ4v) is 1.71. The minimum Gasteiger partial charge on any atom is -0.370 e. The Hall–Kier alpha value is -0.580. The number of nitrogens with zero attached hydrogens (tertiary/aromatic N) is 1. The zero-order valence-electron chi connectivity index (χ0n) is 8.54. The molecule has 0 aromatic rings. The molecule has 0 aliphatic rings. The summed E-state index contributed by atoms with van der Waals surface area (Å²) in [6.45, 7) is 4.72. The van der Waals surface area contributed by atoms with Crippen molar-refractivity contribution in [3.63, 3.8) is 0 Å². The molecule has 0 aliphatic heterocycles. The lowest BCUT2D eigenvalue weighted by Crippen LogP contribution is -2.41. The van der Waals surface area contributed by atoms with E-state index in [0.717, 1.165) is 13.0 Å². The van der Waals surface area contributed by atoms with Crippen molar-refractivity contribution in [3.8, 4) is 0 Å². The van der Waals surface area contributed by atoms with Crippen molar-refractivity contribution < 1.29 is 4.21 Å². The lowest BCUT2D eigenvalue weighted by Gasteiger charge is -2.12. The Labute approximate surface area is 82.5 Å². The molecule has 5 heteroatoms. The second-order valence-electron chi connectivity index (χ2n) is 3.05. The second kappa shape index (κ2) is 6.88. The summed E-state index contributed by atoms with van der Waals surface area (Å²) in [7, 11) is -0.791. The first-order valence-corrected chi connectivity index (χ1v) is 6.15. The van der Waals surface area contributed by atoms with Gasteiger partial charge < -0.3 is 11.1 Å². The van der Waals surface area contributed by atoms with Gasteiger partial charge in [-0.15, -0.1) is 0 Å². The van der Waals surface area contributed by atoms with E-state index in [-0.39, 0.29) is 6.04 Å². The van der Waals surface area contributed by atoms with Gasteiger partial charge in [0, 0.05) is 35.4 Å². The van der Waals surface area contributed by atoms with Crippen molar-refractivity contribution >= 4 is 16.8 Å². The van der Waals surface area contributed by atoms with Crippen molar-refractivity contribution in [3.05, 3.63) is 0 Å². The summed E-state index contributed by atoms with van der Waals surface area (Å²) >= 11 is 0. The highest BCUT2D eigenvalue weighted by Gasteiger charge is 2.03. The van der Waals surface area contributed by atoms with Gasteiger partial charge in [0.05, 0.1) is 0 Å². The van der Waals surface area contributed by atoms with Crippen LogP contribution in [0.3, 0.4) is 0 Å². The third-order valence-corrected chi connectivity index (χ3v) is 2.35. The molecule has 0 aliphatic carbocycles. The third kappa shape index (κ3) is 7.77. The average Bonchev–Trinajstić information content (AvgIpc) is 1.98. The quantitative estimate of drug-likeness (QED) is 0.493. The summed E-state index contributed by atoms with van der Waals surface area (Å²) in [5, 5.41) is 2.98. The van der Waals surface area contributed by atoms with Crippen LogP contribution in [0.25, 0.3) is 0 Å². The molecule has 0 rings (SSSR count). The lowest BCUT2D eigenvalue weighted by molar-refractivity contribution is 0.669. The summed E-state index contributed by atoms with van der Waals surface area (Å²) in [5.41, 5.74) is 5.58. The molecule has 2 unspecified atom stereocenters. The molecule has 4 nitrogen and oxygen atoms in total. The van der Waals surface area contributed by atoms with E-state index in [1.807, 2.05) is 13.8 Å². The second-order valence-corrected chi connectivity index (χ2v) is 4.53. The van der Waals surface area contributed by atoms with Crippen LogP contribution in [0.15, 0.2) is 4.99 Å². The Morgan fingerprint density at radius 3 is 2.77 bits per heavy atom. The molecule has 0 bridgehead atoms. The number of rotatable bonds is 5. The Morgan fingerprint density at radius 1 is 1.69 bits per heavy atom. The molecule has 2 atom stereocenters. The van der Waals surface area contributed by atoms with E-state index in [1.165, 1.54) is 0 Å². The van der Waals surface area contributed by atoms with Crippen LogP contribution in [0.1, 0.15) is 20.3 Å². The van der Waals surface area contributed by atoms with E-state index in [2.05, 4.69) is 10.3 Å². The van der Waals surface area contributed by atoms with Crippen molar-refractivity contribution in [1.29, 1.82) is 0 Å². The van der Waals surface area contributed by atoms with E-state index in [1.54, 1.807) is 6.26 Å². The van der Waals surface area contributed by atoms with Crippen LogP contribution in [0.2, 0.25) is 0 Å². The van der Waals surface area contributed by atoms with Crippen molar-refractivity contribution in [2.24, 2.45) is 10.7 Å². The lowest BCUT2D eigenvalue weighted by atomic mass is 10.4. The van der Waals surface area contributed by atoms with Crippen molar-refractivity contribution in [1.82, 2.24) is 5.32 Å². The fraction of sp³-hybridized carbons (Fsp3) is 0.875. The molecule has 0 fully saturated rings. The molecule has 78 valence electrons. The smallest absolute Gasteiger partial charge is 0.188 e. The van der Waals surface area contributed by atoms with Gasteiger partial charge >= 0.3 is 0 Å². The normalized spacial score (nSPS) is 16.7. The largest absolute Gasteiger partial charge is 0.370 e. The van der Waals surface area contributed by atoms with E-state index in [0.29, 0.717) is 11.7 Å². The van der Waals surface area contributed by atoms with E-state index in [4.69, 9.17) is 5.73 Å². The van der Waals surface area contributed by atoms with Crippen molar-refractivity contribution in [2.75, 3.05) is 18.6 Å². The Bertz CT molecular complexity index is 194. The average molecular weight is 205 g/mol. The number of guanidine groups is 1. The first kappa shape index (κ1) is 12.4. The molecule has 3 N–H and O–H groups in total. The number of aliphatic imine (C=N–C) groups is 1. The molecule has 0 radical (unpaired) electrons. The Kier molecular flexibility index (Phi) is 6.58. The van der Waals surface area contributed by atoms with Gasteiger partial charge in [-0.05, 0) is 13.3 Å². The molecule has 13 heavy (non-hydrogen) atoms. The maximum absolute atomic E-state index is 10.8. The van der Waals surface area contributed by atoms with Gasteiger partial charge in [-0.2, -0.15) is 0 Å². The molecule has 0 heterocycles. The van der Waals surface area contributed by atoms with Gasteiger partial charge in [-0.1, -0.05) is 6.92 Å². The topological polar surface area (TPSA) is 67.5 Å². The maximum Gasteiger partial charge on any atom is 0.188 e. The molecule has 0 aromatic heterocycles. The predicted octanol–water partition coefficient (Wildman–Crippen LogP) is 0.0677. The number of nitrogens with one attached hydrogen (secondary N) is 1. The summed E-state index contributed by atoms with van der Waals surface area (Å²) in [4.78, 5) is 4.07. The molecule has 0 saturated carbocycles. The van der Waals surface area contributed by atoms with Gasteiger partial charge in [-0.25, -0.2) is 0 Å². The third-order valence-electron chi connectivity index (χ3n) is 1.38. The van der Waals surface area contributed by atoms with Crippen LogP contribution in [-0.2, 0) is 10.8 Å². The summed E-state index contributed by atoms with van der Waals surface area (Å²) in [6, 6.07) is 0.117. The molecule has 0 aromatic carbocycles. The van der Waals surface area contributed by atoms with Crippen LogP contribution in [0.5, 0.6) is 0 Å². The highest BCUT2D eigenvalue weighted by molar-refractivity contribution is 7.84. The van der Waals surface area contributed by atoms with E-state index in [9.17, 15) is 4.21 Å². The maximum atomic E-state index is 10.8. The van der Waals surface area contributed by atoms with Crippen LogP contribution >= 0.6 is 0 Å². The first-order valence-electron chi connectivity index (χ1n) is 4.42. The highest BCUT2D eigenvalue weighted by atomic mass is 32.2. The summed E-state index contributed by atoms with van der Waals surface area (Å²) in [5.74, 6) is 1.04. The minimum atomic E-state index is -0.791. The van der Waals surface area contributed by atoms with Crippen LogP contribution < -0.4 is 11.1 Å². The van der Waals surface area contributed by atoms with Gasteiger partial charge in [-0.3, -0.25) is 9.20 Å². The number of hydrogen-bond donors (Lipinski definition) is 2. The van der Waals surface area contributed by atoms with Crippen LogP contribution in [-0.4, -0.2) is 34.8 Å². The van der Waals surface area contributed by atoms with Gasteiger partial charge in [0.15, 0.2) is 5.96 Å². The van der Waals surface area contributed by atoms with Crippen LogP contribution in [0, 0.1) is 0 Å². The molecule has 0 amide bonds. The molecule has 0 spiro atoms. The zero-order chi connectivity index (χ0) is 10.3. The molecular formula is C8H19N3OS. The number of nitrogens with two attached hydrogens (primary N) is 1. The summed E-state index contributed by atoms with van der Waals surface area (Å²) < 4.78 is 10.8. The van der Waals surface area contributed by atoms with Crippen molar-refractivity contribution in [2.45, 2.75) is 26.3 Å². The van der Waals surface area contributed by atoms with Gasteiger partial charge in [0.1, 0.15) is 0 Å². The Balaban J connectivity index is 3.76. The SMILES string of the molecule is CCCN=C(N)NC(C)CS(C)=O. The monoisotopic (exact) mass is 205 g/mol. The van der Waals surface area contributed by atoms with Crippen LogP contribution in [0.4, 0.5) is 0 Å². The molecular weight excluding hydrogens is 186 g/mol. The first-order chi connectivity index (χ1) is 6.06. The zero-order valence-corrected chi connectivity index (χ0v) is 9.36. The minimum absolute atomic E-state index is 0.117. The van der Waals surface area contributed by atoms with Gasteiger partial charge in [0.2, 0.25) is 0 Å². The van der Waals surface area contributed by atoms with E-state index >= 15 is 0 Å². The standard InChI is InChI=1S/C8H19N3OS/c1-4-5-10-8(9)11-7(2)6-13(3)12/h7H,4-6H2,1-3H3,(H3,9,10,11). The fourth-order valence-electron chi connectivity index (χ4n) is 0.924. The molecule has 0 saturated heterocycles. The summed E-state index contributed by atoms with van der Waals surface area (Å²) in [6.07, 6.45) is 2.66. The van der Waals surface area contributed by atoms with Gasteiger partial charge in [0.25, 0.3) is 0 Å². The predicted molar refractivity (Wildman–Crippen MR) is 58.3 cm³/mol. The number of hydrogen-bond acceptors (Lipinski definition) is 2. The highest BCUT2D eigenvalue weighted by Crippen LogP contribution is 1.85. The Morgan fingerprint density at radius 2 is 2.31 bits per heavy atom.